The number of carbonyl (C=O) groups excluding carboxylic acids is 1. The van der Waals surface area contributed by atoms with Gasteiger partial charge in [-0.2, -0.15) is 23.4 Å². The van der Waals surface area contributed by atoms with E-state index in [0.717, 1.165) is 5.69 Å². The third-order valence-corrected chi connectivity index (χ3v) is 4.50. The van der Waals surface area contributed by atoms with Crippen LogP contribution in [0, 0.1) is 6.92 Å². The van der Waals surface area contributed by atoms with Gasteiger partial charge in [0.1, 0.15) is 0 Å². The summed E-state index contributed by atoms with van der Waals surface area (Å²) in [6.45, 7) is 1.59. The van der Waals surface area contributed by atoms with E-state index >= 15 is 0 Å². The number of carbonyl (C=O) groups is 1. The van der Waals surface area contributed by atoms with Gasteiger partial charge >= 0.3 is 6.18 Å². The van der Waals surface area contributed by atoms with E-state index in [4.69, 9.17) is 0 Å². The van der Waals surface area contributed by atoms with Crippen molar-refractivity contribution in [3.8, 4) is 0 Å². The first-order chi connectivity index (χ1) is 11.8. The van der Waals surface area contributed by atoms with Crippen molar-refractivity contribution in [2.75, 3.05) is 0 Å². The minimum atomic E-state index is -4.48. The van der Waals surface area contributed by atoms with E-state index in [1.165, 1.54) is 6.92 Å². The highest BCUT2D eigenvalue weighted by Crippen LogP contribution is 2.31. The number of amides is 1. The van der Waals surface area contributed by atoms with Gasteiger partial charge in [-0.1, -0.05) is 0 Å². The molecular weight excluding hydrogens is 337 g/mol. The smallest absolute Gasteiger partial charge is 0.346 e. The maximum Gasteiger partial charge on any atom is 0.435 e. The summed E-state index contributed by atoms with van der Waals surface area (Å²) in [5.74, 6) is -0.0543. The van der Waals surface area contributed by atoms with Crippen LogP contribution in [0.3, 0.4) is 0 Å². The van der Waals surface area contributed by atoms with Gasteiger partial charge in [0.15, 0.2) is 5.69 Å². The molecule has 0 spiro atoms. The van der Waals surface area contributed by atoms with Gasteiger partial charge < -0.3 is 10.6 Å². The molecule has 2 aromatic heterocycles. The van der Waals surface area contributed by atoms with Crippen molar-refractivity contribution in [3.63, 3.8) is 0 Å². The number of nitrogens with one attached hydrogen (secondary N) is 3. The Bertz CT molecular complexity index is 766. The molecule has 0 saturated carbocycles. The fraction of sp³-hybridized carbons (Fsp3) is 0.533. The van der Waals surface area contributed by atoms with E-state index in [0.29, 0.717) is 18.5 Å². The van der Waals surface area contributed by atoms with Crippen LogP contribution in [0.5, 0.6) is 0 Å². The lowest BCUT2D eigenvalue weighted by atomic mass is 9.95. The molecule has 0 unspecified atom stereocenters. The molecule has 1 aliphatic rings. The molecule has 3 rings (SSSR count). The van der Waals surface area contributed by atoms with Gasteiger partial charge in [0.2, 0.25) is 5.91 Å². The van der Waals surface area contributed by atoms with E-state index < -0.39 is 11.9 Å². The summed E-state index contributed by atoms with van der Waals surface area (Å²) < 4.78 is 40.2. The molecule has 10 heteroatoms. The first-order valence-corrected chi connectivity index (χ1v) is 7.89. The fourth-order valence-electron chi connectivity index (χ4n) is 3.10. The monoisotopic (exact) mass is 356 g/mol. The number of aryl methyl sites for hydroxylation is 1. The average molecular weight is 356 g/mol. The number of hydrogen-bond acceptors (Lipinski definition) is 4. The minimum Gasteiger partial charge on any atom is -0.346 e. The summed E-state index contributed by atoms with van der Waals surface area (Å²) in [6, 6.07) is 1.40. The summed E-state index contributed by atoms with van der Waals surface area (Å²) >= 11 is 0. The number of alkyl halides is 3. The Hall–Kier alpha value is -2.36. The second-order valence-corrected chi connectivity index (χ2v) is 6.12. The minimum absolute atomic E-state index is 0.0543. The van der Waals surface area contributed by atoms with Crippen LogP contribution in [0.2, 0.25) is 0 Å². The van der Waals surface area contributed by atoms with Gasteiger partial charge in [0.05, 0.1) is 17.4 Å². The highest BCUT2D eigenvalue weighted by atomic mass is 19.4. The van der Waals surface area contributed by atoms with E-state index in [9.17, 15) is 18.0 Å². The Balaban J connectivity index is 1.74. The molecular formula is C15H19F3N6O. The van der Waals surface area contributed by atoms with Gasteiger partial charge in [-0.3, -0.25) is 14.6 Å². The fourth-order valence-corrected chi connectivity index (χ4v) is 3.10. The van der Waals surface area contributed by atoms with Crippen molar-refractivity contribution < 1.29 is 18.0 Å². The Labute approximate surface area is 142 Å². The van der Waals surface area contributed by atoms with Gasteiger partial charge in [-0.25, -0.2) is 0 Å². The average Bonchev–Trinajstić information content (AvgIpc) is 3.11. The number of hydrogen-bond donors (Lipinski definition) is 3. The molecule has 2 aromatic rings. The summed E-state index contributed by atoms with van der Waals surface area (Å²) in [4.78, 5) is 11.8. The quantitative estimate of drug-likeness (QED) is 0.776. The second-order valence-electron chi connectivity index (χ2n) is 6.12. The zero-order valence-electron chi connectivity index (χ0n) is 13.8. The molecule has 1 amide bonds. The molecule has 2 atom stereocenters. The molecule has 136 valence electrons. The summed E-state index contributed by atoms with van der Waals surface area (Å²) in [7, 11) is 1.78. The van der Waals surface area contributed by atoms with Crippen LogP contribution >= 0.6 is 0 Å². The molecule has 1 aliphatic heterocycles. The van der Waals surface area contributed by atoms with Crippen LogP contribution in [0.25, 0.3) is 0 Å². The largest absolute Gasteiger partial charge is 0.435 e. The van der Waals surface area contributed by atoms with E-state index in [1.54, 1.807) is 17.9 Å². The van der Waals surface area contributed by atoms with Crippen molar-refractivity contribution in [1.29, 1.82) is 0 Å². The number of H-pyrrole nitrogens is 1. The first kappa shape index (κ1) is 17.5. The van der Waals surface area contributed by atoms with Crippen molar-refractivity contribution in [2.24, 2.45) is 7.05 Å². The summed E-state index contributed by atoms with van der Waals surface area (Å²) in [5, 5.41) is 16.1. The molecule has 0 aromatic carbocycles. The van der Waals surface area contributed by atoms with E-state index in [-0.39, 0.29) is 30.1 Å². The molecule has 3 N–H and O–H groups in total. The van der Waals surface area contributed by atoms with Crippen molar-refractivity contribution in [2.45, 2.75) is 44.6 Å². The van der Waals surface area contributed by atoms with Crippen molar-refractivity contribution in [3.05, 3.63) is 34.9 Å². The Morgan fingerprint density at radius 3 is 2.80 bits per heavy atom. The molecule has 1 saturated heterocycles. The number of rotatable bonds is 4. The van der Waals surface area contributed by atoms with Crippen molar-refractivity contribution in [1.82, 2.24) is 30.6 Å². The lowest BCUT2D eigenvalue weighted by Crippen LogP contribution is -2.48. The normalized spacial score (nSPS) is 21.4. The Morgan fingerprint density at radius 1 is 1.44 bits per heavy atom. The molecule has 25 heavy (non-hydrogen) atoms. The predicted molar refractivity (Wildman–Crippen MR) is 82.3 cm³/mol. The Kier molecular flexibility index (Phi) is 4.55. The van der Waals surface area contributed by atoms with Crippen LogP contribution in [0.1, 0.15) is 41.5 Å². The number of piperidine rings is 1. The van der Waals surface area contributed by atoms with Crippen LogP contribution in [-0.4, -0.2) is 31.9 Å². The third kappa shape index (κ3) is 3.53. The van der Waals surface area contributed by atoms with E-state index in [2.05, 4.69) is 25.9 Å². The van der Waals surface area contributed by atoms with E-state index in [1.807, 2.05) is 6.07 Å². The standard InChI is InChI=1S/C15H19F3N6O/c1-8-10(22-23-14(8)15(16,17)18)7-19-9-3-4-12(25)21-13(9)11-5-6-20-24(11)2/h5-6,9,13,19H,3-4,7H2,1-2H3,(H,21,25)(H,22,23)/t9-,13-/m1/s1. The summed E-state index contributed by atoms with van der Waals surface area (Å²) in [6.07, 6.45) is -1.89. The number of nitrogens with zero attached hydrogens (tertiary/aromatic N) is 3. The molecule has 0 aliphatic carbocycles. The van der Waals surface area contributed by atoms with Crippen LogP contribution in [0.15, 0.2) is 12.3 Å². The maximum atomic E-state index is 12.8. The van der Waals surface area contributed by atoms with Gasteiger partial charge in [-0.15, -0.1) is 0 Å². The van der Waals surface area contributed by atoms with Crippen LogP contribution in [0.4, 0.5) is 13.2 Å². The third-order valence-electron chi connectivity index (χ3n) is 4.50. The lowest BCUT2D eigenvalue weighted by molar-refractivity contribution is -0.141. The molecule has 7 nitrogen and oxygen atoms in total. The number of aromatic amines is 1. The SMILES string of the molecule is Cc1c(C(F)(F)F)n[nH]c1CN[C@@H]1CCC(=O)N[C@H]1c1ccnn1C. The number of halogens is 3. The highest BCUT2D eigenvalue weighted by molar-refractivity contribution is 5.77. The lowest BCUT2D eigenvalue weighted by Gasteiger charge is -2.33. The van der Waals surface area contributed by atoms with Crippen LogP contribution in [-0.2, 0) is 24.6 Å². The molecule has 1 fully saturated rings. The second kappa shape index (κ2) is 6.51. The van der Waals surface area contributed by atoms with Gasteiger partial charge in [0.25, 0.3) is 0 Å². The molecule has 0 bridgehead atoms. The van der Waals surface area contributed by atoms with Gasteiger partial charge in [-0.05, 0) is 19.4 Å². The van der Waals surface area contributed by atoms with Gasteiger partial charge in [0, 0.05) is 37.8 Å². The Morgan fingerprint density at radius 2 is 2.20 bits per heavy atom. The van der Waals surface area contributed by atoms with Crippen LogP contribution < -0.4 is 10.6 Å². The number of aromatic nitrogens is 4. The zero-order valence-corrected chi connectivity index (χ0v) is 13.8. The topological polar surface area (TPSA) is 87.6 Å². The van der Waals surface area contributed by atoms with Crippen molar-refractivity contribution >= 4 is 5.91 Å². The highest BCUT2D eigenvalue weighted by Gasteiger charge is 2.37. The maximum absolute atomic E-state index is 12.8. The molecule has 3 heterocycles. The summed E-state index contributed by atoms with van der Waals surface area (Å²) in [5.41, 5.74) is 0.400. The zero-order chi connectivity index (χ0) is 18.2. The predicted octanol–water partition coefficient (Wildman–Crippen LogP) is 1.58. The first-order valence-electron chi connectivity index (χ1n) is 7.89. The molecule has 0 radical (unpaired) electrons.